The van der Waals surface area contributed by atoms with E-state index < -0.39 is 35.7 Å². The van der Waals surface area contributed by atoms with E-state index in [0.717, 1.165) is 21.7 Å². The zero-order valence-corrected chi connectivity index (χ0v) is 21.7. The number of carboxylic acids is 1. The topological polar surface area (TPSA) is 146 Å². The maximum atomic E-state index is 12.8. The smallest absolute Gasteiger partial charge is 0.475 e. The normalized spacial score (nSPS) is 18.6. The lowest BCUT2D eigenvalue weighted by Crippen LogP contribution is -2.54. The van der Waals surface area contributed by atoms with Crippen LogP contribution in [0.15, 0.2) is 29.8 Å². The minimum Gasteiger partial charge on any atom is -0.475 e. The van der Waals surface area contributed by atoms with E-state index in [0.29, 0.717) is 6.54 Å². The number of carbonyl (C=O) groups is 3. The van der Waals surface area contributed by atoms with Crippen LogP contribution in [0.3, 0.4) is 0 Å². The van der Waals surface area contributed by atoms with Gasteiger partial charge in [-0.05, 0) is 23.5 Å². The number of benzene rings is 1. The summed E-state index contributed by atoms with van der Waals surface area (Å²) in [7, 11) is 0. The Balaban J connectivity index is 0.000000604. The summed E-state index contributed by atoms with van der Waals surface area (Å²) in [5, 5.41) is 20.1. The minimum absolute atomic E-state index is 0.129. The van der Waals surface area contributed by atoms with Crippen LogP contribution in [0.4, 0.5) is 13.2 Å². The summed E-state index contributed by atoms with van der Waals surface area (Å²) in [4.78, 5) is 41.3. The summed E-state index contributed by atoms with van der Waals surface area (Å²) < 4.78 is 31.7. The van der Waals surface area contributed by atoms with Gasteiger partial charge in [0.05, 0.1) is 28.2 Å². The van der Waals surface area contributed by atoms with Crippen LogP contribution < -0.4 is 11.1 Å². The minimum atomic E-state index is -5.08. The molecule has 9 nitrogen and oxygen atoms in total. The van der Waals surface area contributed by atoms with Crippen molar-refractivity contribution >= 4 is 29.1 Å². The van der Waals surface area contributed by atoms with Crippen molar-refractivity contribution in [2.75, 3.05) is 6.54 Å². The molecule has 0 bridgehead atoms. The molecule has 0 aliphatic carbocycles. The number of β-amino-alcohol motifs (C(OH)–C–C–N with tert-alkyl or cyclic N) is 1. The van der Waals surface area contributed by atoms with Gasteiger partial charge in [-0.3, -0.25) is 9.59 Å². The monoisotopic (exact) mass is 544 g/mol. The highest BCUT2D eigenvalue weighted by Crippen LogP contribution is 2.27. The van der Waals surface area contributed by atoms with Gasteiger partial charge in [-0.15, -0.1) is 11.3 Å². The second-order valence-electron chi connectivity index (χ2n) is 9.72. The van der Waals surface area contributed by atoms with Gasteiger partial charge in [0.25, 0.3) is 0 Å². The highest BCUT2D eigenvalue weighted by atomic mass is 32.1. The molecule has 1 aromatic heterocycles. The van der Waals surface area contributed by atoms with Crippen molar-refractivity contribution in [3.05, 3.63) is 41.0 Å². The molecule has 1 aromatic carbocycles. The van der Waals surface area contributed by atoms with Crippen LogP contribution in [0.1, 0.15) is 38.4 Å². The van der Waals surface area contributed by atoms with E-state index in [9.17, 15) is 27.9 Å². The number of amides is 2. The molecule has 0 saturated carbocycles. The van der Waals surface area contributed by atoms with Crippen LogP contribution in [-0.2, 0) is 20.9 Å². The van der Waals surface area contributed by atoms with E-state index in [4.69, 9.17) is 15.6 Å². The fraction of sp³-hybridized carbons (Fsp3) is 0.500. The average molecular weight is 545 g/mol. The number of nitrogens with one attached hydrogen (secondary N) is 1. The molecule has 37 heavy (non-hydrogen) atoms. The SMILES string of the molecule is Cc1ncsc1-c1ccc(CNC(=O)[C@@H]2C[C@@H](O)CN2C(=O)[C@@H](N)C(C)(C)C)cc1.O=C(O)C(F)(F)F. The molecule has 2 aromatic rings. The number of aliphatic hydroxyl groups excluding tert-OH is 1. The molecule has 3 rings (SSSR count). The molecule has 2 heterocycles. The van der Waals surface area contributed by atoms with E-state index in [1.807, 2.05) is 57.5 Å². The number of likely N-dealkylation sites (tertiary alicyclic amines) is 1. The maximum absolute atomic E-state index is 12.8. The number of carbonyl (C=O) groups excluding carboxylic acids is 2. The Bertz CT molecular complexity index is 1100. The zero-order chi connectivity index (χ0) is 28.1. The van der Waals surface area contributed by atoms with Gasteiger partial charge in [-0.25, -0.2) is 9.78 Å². The van der Waals surface area contributed by atoms with E-state index in [1.54, 1.807) is 11.3 Å². The third kappa shape index (κ3) is 8.23. The van der Waals surface area contributed by atoms with Gasteiger partial charge in [0.1, 0.15) is 6.04 Å². The quantitative estimate of drug-likeness (QED) is 0.453. The van der Waals surface area contributed by atoms with Crippen LogP contribution in [0.2, 0.25) is 0 Å². The Labute approximate surface area is 216 Å². The highest BCUT2D eigenvalue weighted by molar-refractivity contribution is 7.13. The number of carboxylic acid groups (broad SMARTS) is 1. The second-order valence-corrected chi connectivity index (χ2v) is 10.6. The van der Waals surface area contributed by atoms with E-state index >= 15 is 0 Å². The summed E-state index contributed by atoms with van der Waals surface area (Å²) in [6.07, 6.45) is -5.59. The number of aliphatic hydroxyl groups is 1. The number of nitrogens with zero attached hydrogens (tertiary/aromatic N) is 2. The van der Waals surface area contributed by atoms with Gasteiger partial charge < -0.3 is 26.2 Å². The lowest BCUT2D eigenvalue weighted by molar-refractivity contribution is -0.192. The standard InChI is InChI=1S/C22H30N4O3S.C2HF3O2/c1-13-18(30-12-25-13)15-7-5-14(6-8-15)10-24-20(28)17-9-16(27)11-26(17)21(29)19(23)22(2,3)4;3-2(4,5)1(6)7/h5-8,12,16-17,19,27H,9-11,23H2,1-4H3,(H,24,28);(H,6,7)/t16-,17+,19-;/m1./s1. The summed E-state index contributed by atoms with van der Waals surface area (Å²) in [6.45, 7) is 8.11. The zero-order valence-electron chi connectivity index (χ0n) is 20.9. The predicted octanol–water partition coefficient (Wildman–Crippen LogP) is 2.70. The summed E-state index contributed by atoms with van der Waals surface area (Å²) in [5.41, 5.74) is 10.6. The van der Waals surface area contributed by atoms with Crippen molar-refractivity contribution in [2.45, 2.75) is 65.0 Å². The number of halogens is 3. The molecule has 0 radical (unpaired) electrons. The Morgan fingerprint density at radius 2 is 1.78 bits per heavy atom. The second kappa shape index (κ2) is 12.0. The first kappa shape index (κ1) is 30.2. The van der Waals surface area contributed by atoms with Crippen molar-refractivity contribution < 1.29 is 37.8 Å². The van der Waals surface area contributed by atoms with Crippen LogP contribution in [0.5, 0.6) is 0 Å². The predicted molar refractivity (Wildman–Crippen MR) is 131 cm³/mol. The first-order valence-corrected chi connectivity index (χ1v) is 12.2. The third-order valence-corrected chi connectivity index (χ3v) is 6.71. The molecular formula is C24H31F3N4O5S. The maximum Gasteiger partial charge on any atom is 0.490 e. The summed E-state index contributed by atoms with van der Waals surface area (Å²) in [5.74, 6) is -3.33. The molecule has 0 unspecified atom stereocenters. The number of nitrogens with two attached hydrogens (primary N) is 1. The Morgan fingerprint density at radius 3 is 2.24 bits per heavy atom. The molecule has 0 spiro atoms. The molecule has 3 atom stereocenters. The van der Waals surface area contributed by atoms with Gasteiger partial charge in [0, 0.05) is 19.5 Å². The van der Waals surface area contributed by atoms with E-state index in [-0.39, 0.29) is 24.8 Å². The number of rotatable bonds is 5. The molecular weight excluding hydrogens is 513 g/mol. The molecule has 1 fully saturated rings. The number of aryl methyl sites for hydroxylation is 1. The van der Waals surface area contributed by atoms with Crippen molar-refractivity contribution in [2.24, 2.45) is 11.1 Å². The summed E-state index contributed by atoms with van der Waals surface area (Å²) in [6, 6.07) is 6.52. The number of hydrogen-bond donors (Lipinski definition) is 4. The van der Waals surface area contributed by atoms with Crippen LogP contribution >= 0.6 is 11.3 Å². The number of aromatic nitrogens is 1. The fourth-order valence-corrected chi connectivity index (χ4v) is 4.33. The first-order chi connectivity index (χ1) is 17.0. The molecule has 13 heteroatoms. The van der Waals surface area contributed by atoms with Gasteiger partial charge in [-0.1, -0.05) is 45.0 Å². The third-order valence-electron chi connectivity index (χ3n) is 5.73. The van der Waals surface area contributed by atoms with Gasteiger partial charge >= 0.3 is 12.1 Å². The molecule has 1 aliphatic rings. The van der Waals surface area contributed by atoms with Crippen LogP contribution in [0.25, 0.3) is 10.4 Å². The largest absolute Gasteiger partial charge is 0.490 e. The molecule has 5 N–H and O–H groups in total. The Kier molecular flexibility index (Phi) is 9.80. The van der Waals surface area contributed by atoms with Crippen molar-refractivity contribution in [3.63, 3.8) is 0 Å². The molecule has 204 valence electrons. The lowest BCUT2D eigenvalue weighted by atomic mass is 9.86. The fourth-order valence-electron chi connectivity index (χ4n) is 3.51. The van der Waals surface area contributed by atoms with Gasteiger partial charge in [0.2, 0.25) is 11.8 Å². The van der Waals surface area contributed by atoms with Crippen LogP contribution in [0, 0.1) is 12.3 Å². The summed E-state index contributed by atoms with van der Waals surface area (Å²) >= 11 is 1.60. The number of alkyl halides is 3. The Morgan fingerprint density at radius 1 is 1.22 bits per heavy atom. The molecule has 1 saturated heterocycles. The first-order valence-electron chi connectivity index (χ1n) is 11.3. The van der Waals surface area contributed by atoms with Gasteiger partial charge in [0.15, 0.2) is 0 Å². The van der Waals surface area contributed by atoms with Crippen molar-refractivity contribution in [1.29, 1.82) is 0 Å². The number of aliphatic carboxylic acids is 1. The average Bonchev–Trinajstić information content (AvgIpc) is 3.41. The highest BCUT2D eigenvalue weighted by Gasteiger charge is 2.42. The number of thiazole rings is 1. The Hall–Kier alpha value is -3.03. The molecule has 1 aliphatic heterocycles. The van der Waals surface area contributed by atoms with Gasteiger partial charge in [-0.2, -0.15) is 13.2 Å². The van der Waals surface area contributed by atoms with E-state index in [2.05, 4.69) is 10.3 Å². The van der Waals surface area contributed by atoms with Crippen LogP contribution in [-0.4, -0.2) is 68.8 Å². The lowest BCUT2D eigenvalue weighted by Gasteiger charge is -2.32. The van der Waals surface area contributed by atoms with Crippen molar-refractivity contribution in [3.8, 4) is 10.4 Å². The van der Waals surface area contributed by atoms with Crippen molar-refractivity contribution in [1.82, 2.24) is 15.2 Å². The van der Waals surface area contributed by atoms with E-state index in [1.165, 1.54) is 4.90 Å². The number of hydrogen-bond acceptors (Lipinski definition) is 7. The molecule has 2 amide bonds.